The van der Waals surface area contributed by atoms with Crippen molar-refractivity contribution < 1.29 is 0 Å². The summed E-state index contributed by atoms with van der Waals surface area (Å²) >= 11 is 0. The molecule has 1 atom stereocenters. The lowest BCUT2D eigenvalue weighted by atomic mass is 9.93. The van der Waals surface area contributed by atoms with Crippen LogP contribution in [0, 0.1) is 20.8 Å². The van der Waals surface area contributed by atoms with Crippen molar-refractivity contribution in [3.63, 3.8) is 0 Å². The Labute approximate surface area is 122 Å². The van der Waals surface area contributed by atoms with Crippen molar-refractivity contribution in [1.29, 1.82) is 0 Å². The number of aromatic nitrogens is 1. The largest absolute Gasteiger partial charge is 0.306 e. The van der Waals surface area contributed by atoms with Gasteiger partial charge in [-0.2, -0.15) is 0 Å². The zero-order valence-corrected chi connectivity index (χ0v) is 12.9. The van der Waals surface area contributed by atoms with E-state index in [0.29, 0.717) is 0 Å². The van der Waals surface area contributed by atoms with E-state index in [1.807, 2.05) is 12.4 Å². The first kappa shape index (κ1) is 14.7. The summed E-state index contributed by atoms with van der Waals surface area (Å²) in [6.07, 6.45) is 5.01. The van der Waals surface area contributed by atoms with Crippen molar-refractivity contribution in [1.82, 2.24) is 10.3 Å². The number of nitrogens with zero attached hydrogens (tertiary/aromatic N) is 1. The molecule has 2 heteroatoms. The molecule has 2 rings (SSSR count). The molecule has 0 saturated carbocycles. The Bertz CT molecular complexity index is 575. The van der Waals surface area contributed by atoms with Crippen LogP contribution >= 0.6 is 0 Å². The van der Waals surface area contributed by atoms with Crippen LogP contribution in [-0.2, 0) is 0 Å². The van der Waals surface area contributed by atoms with E-state index in [2.05, 4.69) is 62.3 Å². The third-order valence-corrected chi connectivity index (χ3v) is 3.79. The van der Waals surface area contributed by atoms with E-state index in [-0.39, 0.29) is 6.04 Å². The Kier molecular flexibility index (Phi) is 4.91. The maximum atomic E-state index is 4.35. The SMILES string of the molecule is CCCNC(c1cncc(C)c1)c1cccc(C)c1C. The normalized spacial score (nSPS) is 12.4. The van der Waals surface area contributed by atoms with Crippen LogP contribution in [0.5, 0.6) is 0 Å². The van der Waals surface area contributed by atoms with E-state index < -0.39 is 0 Å². The molecule has 1 aromatic heterocycles. The van der Waals surface area contributed by atoms with E-state index in [1.54, 1.807) is 0 Å². The zero-order valence-electron chi connectivity index (χ0n) is 12.9. The molecule has 2 aromatic rings. The van der Waals surface area contributed by atoms with E-state index >= 15 is 0 Å². The molecule has 0 amide bonds. The van der Waals surface area contributed by atoms with Crippen molar-refractivity contribution in [2.75, 3.05) is 6.54 Å². The minimum Gasteiger partial charge on any atom is -0.306 e. The lowest BCUT2D eigenvalue weighted by molar-refractivity contribution is 0.594. The summed E-state index contributed by atoms with van der Waals surface area (Å²) in [5.74, 6) is 0. The first-order valence-electron chi connectivity index (χ1n) is 7.34. The zero-order chi connectivity index (χ0) is 14.5. The number of hydrogen-bond donors (Lipinski definition) is 1. The summed E-state index contributed by atoms with van der Waals surface area (Å²) in [6, 6.07) is 8.98. The van der Waals surface area contributed by atoms with Gasteiger partial charge in [-0.05, 0) is 61.6 Å². The third kappa shape index (κ3) is 3.26. The first-order chi connectivity index (χ1) is 9.63. The molecule has 0 aliphatic carbocycles. The van der Waals surface area contributed by atoms with Gasteiger partial charge in [0.25, 0.3) is 0 Å². The minimum absolute atomic E-state index is 0.224. The van der Waals surface area contributed by atoms with Crippen LogP contribution in [-0.4, -0.2) is 11.5 Å². The molecule has 0 radical (unpaired) electrons. The van der Waals surface area contributed by atoms with Crippen molar-refractivity contribution in [3.8, 4) is 0 Å². The third-order valence-electron chi connectivity index (χ3n) is 3.79. The van der Waals surface area contributed by atoms with Crippen LogP contribution in [0.2, 0.25) is 0 Å². The van der Waals surface area contributed by atoms with Crippen LogP contribution in [0.15, 0.2) is 36.7 Å². The molecule has 0 spiro atoms. The molecule has 2 nitrogen and oxygen atoms in total. The molecule has 1 aromatic carbocycles. The highest BCUT2D eigenvalue weighted by atomic mass is 14.9. The smallest absolute Gasteiger partial charge is 0.0594 e. The van der Waals surface area contributed by atoms with Gasteiger partial charge in [0.05, 0.1) is 6.04 Å². The molecule has 1 heterocycles. The van der Waals surface area contributed by atoms with E-state index in [4.69, 9.17) is 0 Å². The van der Waals surface area contributed by atoms with Crippen LogP contribution in [0.3, 0.4) is 0 Å². The number of rotatable bonds is 5. The molecule has 0 bridgehead atoms. The van der Waals surface area contributed by atoms with Gasteiger partial charge >= 0.3 is 0 Å². The number of nitrogens with one attached hydrogen (secondary N) is 1. The Morgan fingerprint density at radius 3 is 2.65 bits per heavy atom. The Morgan fingerprint density at radius 1 is 1.15 bits per heavy atom. The fourth-order valence-corrected chi connectivity index (χ4v) is 2.52. The van der Waals surface area contributed by atoms with Crippen molar-refractivity contribution in [2.45, 2.75) is 40.2 Å². The average Bonchev–Trinajstić information content (AvgIpc) is 2.44. The molecular weight excluding hydrogens is 244 g/mol. The lowest BCUT2D eigenvalue weighted by Gasteiger charge is -2.22. The van der Waals surface area contributed by atoms with E-state index in [0.717, 1.165) is 13.0 Å². The number of pyridine rings is 1. The van der Waals surface area contributed by atoms with Gasteiger partial charge in [-0.15, -0.1) is 0 Å². The molecule has 1 unspecified atom stereocenters. The van der Waals surface area contributed by atoms with Gasteiger partial charge < -0.3 is 5.32 Å². The molecule has 20 heavy (non-hydrogen) atoms. The second kappa shape index (κ2) is 6.67. The topological polar surface area (TPSA) is 24.9 Å². The van der Waals surface area contributed by atoms with Crippen LogP contribution < -0.4 is 5.32 Å². The van der Waals surface area contributed by atoms with Crippen LogP contribution in [0.4, 0.5) is 0 Å². The standard InChI is InChI=1S/C18H24N2/c1-5-9-20-18(16-10-13(2)11-19-12-16)17-8-6-7-14(3)15(17)4/h6-8,10-12,18,20H,5,9H2,1-4H3. The summed E-state index contributed by atoms with van der Waals surface area (Å²) in [4.78, 5) is 4.35. The Hall–Kier alpha value is -1.67. The van der Waals surface area contributed by atoms with Gasteiger partial charge in [-0.1, -0.05) is 31.2 Å². The van der Waals surface area contributed by atoms with E-state index in [1.165, 1.54) is 27.8 Å². The minimum atomic E-state index is 0.224. The fourth-order valence-electron chi connectivity index (χ4n) is 2.52. The summed E-state index contributed by atoms with van der Waals surface area (Å²) in [6.45, 7) is 9.67. The molecule has 1 N–H and O–H groups in total. The predicted molar refractivity (Wildman–Crippen MR) is 85.0 cm³/mol. The molecule has 0 aliphatic rings. The highest BCUT2D eigenvalue weighted by Crippen LogP contribution is 2.26. The molecule has 0 aliphatic heterocycles. The molecular formula is C18H24N2. The molecule has 0 fully saturated rings. The van der Waals surface area contributed by atoms with E-state index in [9.17, 15) is 0 Å². The molecule has 106 valence electrons. The number of benzene rings is 1. The van der Waals surface area contributed by atoms with Crippen LogP contribution in [0.1, 0.15) is 47.2 Å². The summed E-state index contributed by atoms with van der Waals surface area (Å²) in [5.41, 5.74) is 6.50. The summed E-state index contributed by atoms with van der Waals surface area (Å²) in [7, 11) is 0. The maximum Gasteiger partial charge on any atom is 0.0594 e. The van der Waals surface area contributed by atoms with Gasteiger partial charge in [0.1, 0.15) is 0 Å². The van der Waals surface area contributed by atoms with Gasteiger partial charge in [0.2, 0.25) is 0 Å². The van der Waals surface area contributed by atoms with Crippen molar-refractivity contribution >= 4 is 0 Å². The highest BCUT2D eigenvalue weighted by Gasteiger charge is 2.16. The average molecular weight is 268 g/mol. The Morgan fingerprint density at radius 2 is 1.95 bits per heavy atom. The molecule has 0 saturated heterocycles. The fraction of sp³-hybridized carbons (Fsp3) is 0.389. The first-order valence-corrected chi connectivity index (χ1v) is 7.34. The van der Waals surface area contributed by atoms with Gasteiger partial charge in [-0.25, -0.2) is 0 Å². The maximum absolute atomic E-state index is 4.35. The van der Waals surface area contributed by atoms with Gasteiger partial charge in [-0.3, -0.25) is 4.98 Å². The van der Waals surface area contributed by atoms with Gasteiger partial charge in [0.15, 0.2) is 0 Å². The second-order valence-electron chi connectivity index (χ2n) is 5.47. The van der Waals surface area contributed by atoms with Crippen LogP contribution in [0.25, 0.3) is 0 Å². The quantitative estimate of drug-likeness (QED) is 0.883. The number of aryl methyl sites for hydroxylation is 2. The summed E-state index contributed by atoms with van der Waals surface area (Å²) < 4.78 is 0. The summed E-state index contributed by atoms with van der Waals surface area (Å²) in [5, 5.41) is 3.66. The predicted octanol–water partition coefficient (Wildman–Crippen LogP) is 4.10. The lowest BCUT2D eigenvalue weighted by Crippen LogP contribution is -2.24. The highest BCUT2D eigenvalue weighted by molar-refractivity contribution is 5.40. The van der Waals surface area contributed by atoms with Crippen molar-refractivity contribution in [3.05, 3.63) is 64.5 Å². The number of hydrogen-bond acceptors (Lipinski definition) is 2. The van der Waals surface area contributed by atoms with Gasteiger partial charge in [0, 0.05) is 12.4 Å². The Balaban J connectivity index is 2.44. The second-order valence-corrected chi connectivity index (χ2v) is 5.47. The monoisotopic (exact) mass is 268 g/mol. The van der Waals surface area contributed by atoms with Crippen molar-refractivity contribution in [2.24, 2.45) is 0 Å².